The van der Waals surface area contributed by atoms with Crippen LogP contribution in [0.2, 0.25) is 0 Å². The molecule has 0 aromatic rings. The zero-order chi connectivity index (χ0) is 11.7. The second-order valence-electron chi connectivity index (χ2n) is 4.99. The van der Waals surface area contributed by atoms with Crippen molar-refractivity contribution in [3.05, 3.63) is 23.5 Å². The van der Waals surface area contributed by atoms with E-state index in [1.165, 1.54) is 25.0 Å². The van der Waals surface area contributed by atoms with E-state index in [2.05, 4.69) is 30.3 Å². The molecule has 16 heavy (non-hydrogen) atoms. The van der Waals surface area contributed by atoms with Gasteiger partial charge in [0.1, 0.15) is 5.82 Å². The van der Waals surface area contributed by atoms with E-state index in [1.807, 2.05) is 0 Å². The normalized spacial score (nSPS) is 27.2. The monoisotopic (exact) mass is 219 g/mol. The molecule has 3 nitrogen and oxygen atoms in total. The number of rotatable bonds is 2. The smallest absolute Gasteiger partial charge is 0.124 e. The lowest BCUT2D eigenvalue weighted by atomic mass is 9.95. The Hall–Kier alpha value is -1.09. The first-order chi connectivity index (χ1) is 7.59. The van der Waals surface area contributed by atoms with Crippen LogP contribution in [-0.2, 0) is 0 Å². The first kappa shape index (κ1) is 11.4. The Morgan fingerprint density at radius 1 is 1.56 bits per heavy atom. The molecule has 1 atom stereocenters. The predicted octanol–water partition coefficient (Wildman–Crippen LogP) is 2.06. The third kappa shape index (κ3) is 2.05. The van der Waals surface area contributed by atoms with Crippen LogP contribution in [-0.4, -0.2) is 29.7 Å². The van der Waals surface area contributed by atoms with Gasteiger partial charge in [-0.3, -0.25) is 4.90 Å². The Bertz CT molecular complexity index is 352. The number of aliphatic imine (C=N–C) groups is 1. The minimum absolute atomic E-state index is 0.481. The summed E-state index contributed by atoms with van der Waals surface area (Å²) in [7, 11) is 0. The highest BCUT2D eigenvalue weighted by Gasteiger charge is 2.31. The molecule has 88 valence electrons. The third-order valence-corrected chi connectivity index (χ3v) is 3.49. The summed E-state index contributed by atoms with van der Waals surface area (Å²) < 4.78 is 0. The molecule has 2 aliphatic rings. The number of likely N-dealkylation sites (tertiary alicyclic amines) is 1. The lowest BCUT2D eigenvalue weighted by molar-refractivity contribution is 0.223. The molecule has 2 aliphatic heterocycles. The van der Waals surface area contributed by atoms with Crippen molar-refractivity contribution in [2.24, 2.45) is 10.7 Å². The van der Waals surface area contributed by atoms with E-state index in [9.17, 15) is 0 Å². The van der Waals surface area contributed by atoms with Gasteiger partial charge in [0, 0.05) is 18.3 Å². The highest BCUT2D eigenvalue weighted by atomic mass is 15.2. The maximum Gasteiger partial charge on any atom is 0.124 e. The molecule has 0 bridgehead atoms. The highest BCUT2D eigenvalue weighted by molar-refractivity contribution is 5.80. The Balaban J connectivity index is 2.23. The van der Waals surface area contributed by atoms with E-state index in [-0.39, 0.29) is 0 Å². The molecule has 0 amide bonds. The summed E-state index contributed by atoms with van der Waals surface area (Å²) >= 11 is 0. The van der Waals surface area contributed by atoms with E-state index in [4.69, 9.17) is 5.73 Å². The van der Waals surface area contributed by atoms with Crippen LogP contribution >= 0.6 is 0 Å². The maximum atomic E-state index is 6.00. The summed E-state index contributed by atoms with van der Waals surface area (Å²) in [6.45, 7) is 9.65. The maximum absolute atomic E-state index is 6.00. The minimum atomic E-state index is 0.481. The number of hydrogen-bond acceptors (Lipinski definition) is 3. The van der Waals surface area contributed by atoms with Crippen LogP contribution < -0.4 is 5.73 Å². The summed E-state index contributed by atoms with van der Waals surface area (Å²) in [5, 5.41) is 0. The molecule has 2 N–H and O–H groups in total. The number of hydrogen-bond donors (Lipinski definition) is 1. The molecule has 1 fully saturated rings. The van der Waals surface area contributed by atoms with Crippen molar-refractivity contribution in [2.45, 2.75) is 45.2 Å². The second kappa shape index (κ2) is 4.42. The molecule has 0 aromatic carbocycles. The molecule has 0 saturated carbocycles. The Kier molecular flexibility index (Phi) is 3.15. The standard InChI is InChI=1S/C13H21N3/c1-9(2)16-6-4-5-12(16)11-7-10(3)8-15-13(11)14/h8-9,12H,3-7,14H2,1-2H3. The molecule has 3 heteroatoms. The third-order valence-electron chi connectivity index (χ3n) is 3.49. The molecule has 0 spiro atoms. The summed E-state index contributed by atoms with van der Waals surface area (Å²) in [5.74, 6) is 0.713. The van der Waals surface area contributed by atoms with Crippen molar-refractivity contribution in [3.63, 3.8) is 0 Å². The molecule has 0 aromatic heterocycles. The highest BCUT2D eigenvalue weighted by Crippen LogP contribution is 2.31. The molecule has 0 aliphatic carbocycles. The summed E-state index contributed by atoms with van der Waals surface area (Å²) in [6, 6.07) is 1.06. The van der Waals surface area contributed by atoms with Crippen molar-refractivity contribution in [1.82, 2.24) is 4.90 Å². The number of allylic oxidation sites excluding steroid dienone is 1. The SMILES string of the molecule is C=C1C=NC(N)=C(C2CCCN2C(C)C)C1. The van der Waals surface area contributed by atoms with Crippen LogP contribution in [0.5, 0.6) is 0 Å². The van der Waals surface area contributed by atoms with Crippen LogP contribution in [0.4, 0.5) is 0 Å². The van der Waals surface area contributed by atoms with E-state index in [0.29, 0.717) is 17.9 Å². The second-order valence-corrected chi connectivity index (χ2v) is 4.99. The number of nitrogens with zero attached hydrogens (tertiary/aromatic N) is 2. The van der Waals surface area contributed by atoms with Gasteiger partial charge < -0.3 is 5.73 Å². The topological polar surface area (TPSA) is 41.6 Å². The minimum Gasteiger partial charge on any atom is -0.384 e. The molecular weight excluding hydrogens is 198 g/mol. The van der Waals surface area contributed by atoms with E-state index < -0.39 is 0 Å². The zero-order valence-corrected chi connectivity index (χ0v) is 10.2. The van der Waals surface area contributed by atoms with Crippen LogP contribution in [0.15, 0.2) is 28.5 Å². The first-order valence-electron chi connectivity index (χ1n) is 6.05. The number of nitrogens with two attached hydrogens (primary N) is 1. The predicted molar refractivity (Wildman–Crippen MR) is 68.3 cm³/mol. The van der Waals surface area contributed by atoms with Gasteiger partial charge >= 0.3 is 0 Å². The van der Waals surface area contributed by atoms with Crippen molar-refractivity contribution >= 4 is 6.21 Å². The molecule has 2 rings (SSSR count). The average Bonchev–Trinajstić information content (AvgIpc) is 2.70. The van der Waals surface area contributed by atoms with Crippen molar-refractivity contribution < 1.29 is 0 Å². The fourth-order valence-corrected chi connectivity index (χ4v) is 2.69. The van der Waals surface area contributed by atoms with Gasteiger partial charge in [0.05, 0.1) is 0 Å². The van der Waals surface area contributed by atoms with Gasteiger partial charge in [0.25, 0.3) is 0 Å². The van der Waals surface area contributed by atoms with Gasteiger partial charge in [0.15, 0.2) is 0 Å². The van der Waals surface area contributed by atoms with E-state index in [0.717, 1.165) is 12.0 Å². The molecule has 1 saturated heterocycles. The lowest BCUT2D eigenvalue weighted by Gasteiger charge is -2.31. The Labute approximate surface area is 97.7 Å². The zero-order valence-electron chi connectivity index (χ0n) is 10.2. The van der Waals surface area contributed by atoms with Gasteiger partial charge in [-0.25, -0.2) is 4.99 Å². The molecular formula is C13H21N3. The van der Waals surface area contributed by atoms with Crippen LogP contribution in [0, 0.1) is 0 Å². The van der Waals surface area contributed by atoms with Gasteiger partial charge in [-0.05, 0) is 50.8 Å². The summed E-state index contributed by atoms with van der Waals surface area (Å²) in [4.78, 5) is 6.76. The first-order valence-corrected chi connectivity index (χ1v) is 6.05. The van der Waals surface area contributed by atoms with Gasteiger partial charge in [-0.1, -0.05) is 6.58 Å². The van der Waals surface area contributed by atoms with Crippen molar-refractivity contribution in [1.29, 1.82) is 0 Å². The molecule has 2 heterocycles. The average molecular weight is 219 g/mol. The van der Waals surface area contributed by atoms with Crippen LogP contribution in [0.25, 0.3) is 0 Å². The molecule has 0 radical (unpaired) electrons. The fraction of sp³-hybridized carbons (Fsp3) is 0.615. The van der Waals surface area contributed by atoms with Gasteiger partial charge in [0.2, 0.25) is 0 Å². The van der Waals surface area contributed by atoms with Gasteiger partial charge in [-0.15, -0.1) is 0 Å². The van der Waals surface area contributed by atoms with Crippen molar-refractivity contribution in [3.8, 4) is 0 Å². The summed E-state index contributed by atoms with van der Waals surface area (Å²) in [6.07, 6.45) is 5.14. The lowest BCUT2D eigenvalue weighted by Crippen LogP contribution is -2.38. The van der Waals surface area contributed by atoms with E-state index >= 15 is 0 Å². The fourth-order valence-electron chi connectivity index (χ4n) is 2.69. The molecule has 1 unspecified atom stereocenters. The van der Waals surface area contributed by atoms with Crippen LogP contribution in [0.1, 0.15) is 33.1 Å². The summed E-state index contributed by atoms with van der Waals surface area (Å²) in [5.41, 5.74) is 8.34. The van der Waals surface area contributed by atoms with Crippen molar-refractivity contribution in [2.75, 3.05) is 6.54 Å². The Morgan fingerprint density at radius 2 is 2.31 bits per heavy atom. The van der Waals surface area contributed by atoms with E-state index in [1.54, 1.807) is 6.21 Å². The Morgan fingerprint density at radius 3 is 3.00 bits per heavy atom. The largest absolute Gasteiger partial charge is 0.384 e. The van der Waals surface area contributed by atoms with Gasteiger partial charge in [-0.2, -0.15) is 0 Å². The quantitative estimate of drug-likeness (QED) is 0.772. The van der Waals surface area contributed by atoms with Crippen LogP contribution in [0.3, 0.4) is 0 Å².